The minimum absolute atomic E-state index is 0. The summed E-state index contributed by atoms with van der Waals surface area (Å²) < 4.78 is 57.5. The fourth-order valence-corrected chi connectivity index (χ4v) is 1.20. The summed E-state index contributed by atoms with van der Waals surface area (Å²) in [5.74, 6) is -1.14. The van der Waals surface area contributed by atoms with Crippen LogP contribution in [0.3, 0.4) is 0 Å². The maximum Gasteiger partial charge on any atom is 0.522 e. The van der Waals surface area contributed by atoms with Gasteiger partial charge in [0, 0.05) is 0 Å². The Bertz CT molecular complexity index is 671. The number of imide groups is 1. The molecule has 1 aromatic carbocycles. The van der Waals surface area contributed by atoms with E-state index in [0.29, 0.717) is 0 Å². The van der Waals surface area contributed by atoms with Crippen molar-refractivity contribution in [1.82, 2.24) is 11.5 Å². The SMILES string of the molecule is N.O=C1NC(=O)c2c(O)cccc21.O=S(=O)(O)C(F)(F)F. The number of alkyl halides is 3. The Labute approximate surface area is 115 Å². The van der Waals surface area contributed by atoms with Gasteiger partial charge in [-0.15, -0.1) is 0 Å². The van der Waals surface area contributed by atoms with E-state index in [1.54, 1.807) is 0 Å². The van der Waals surface area contributed by atoms with Gasteiger partial charge in [0.2, 0.25) is 0 Å². The molecule has 1 aliphatic heterocycles. The summed E-state index contributed by atoms with van der Waals surface area (Å²) in [6, 6.07) is 4.39. The molecule has 0 aliphatic carbocycles. The smallest absolute Gasteiger partial charge is 0.507 e. The Morgan fingerprint density at radius 2 is 1.57 bits per heavy atom. The van der Waals surface area contributed by atoms with Crippen molar-refractivity contribution in [3.05, 3.63) is 29.3 Å². The molecule has 21 heavy (non-hydrogen) atoms. The Balaban J connectivity index is 0.000000397. The molecule has 0 radical (unpaired) electrons. The summed E-state index contributed by atoms with van der Waals surface area (Å²) in [5.41, 5.74) is -5.23. The van der Waals surface area contributed by atoms with E-state index in [-0.39, 0.29) is 23.0 Å². The molecule has 2 rings (SSSR count). The molecule has 8 nitrogen and oxygen atoms in total. The van der Waals surface area contributed by atoms with E-state index in [4.69, 9.17) is 13.0 Å². The molecule has 118 valence electrons. The second kappa shape index (κ2) is 6.07. The van der Waals surface area contributed by atoms with Gasteiger partial charge in [0.25, 0.3) is 11.8 Å². The van der Waals surface area contributed by atoms with Gasteiger partial charge < -0.3 is 11.3 Å². The largest absolute Gasteiger partial charge is 0.522 e. The van der Waals surface area contributed by atoms with Crippen LogP contribution in [0.15, 0.2) is 18.2 Å². The number of halogens is 3. The summed E-state index contributed by atoms with van der Waals surface area (Å²) in [4.78, 5) is 22.0. The van der Waals surface area contributed by atoms with Gasteiger partial charge in [-0.25, -0.2) is 0 Å². The molecule has 1 heterocycles. The minimum atomic E-state index is -5.84. The fourth-order valence-electron chi connectivity index (χ4n) is 1.20. The number of phenols is 1. The number of benzene rings is 1. The van der Waals surface area contributed by atoms with E-state index in [9.17, 15) is 27.9 Å². The van der Waals surface area contributed by atoms with Crippen LogP contribution in [0.1, 0.15) is 20.7 Å². The van der Waals surface area contributed by atoms with E-state index in [0.717, 1.165) is 0 Å². The second-order valence-corrected chi connectivity index (χ2v) is 4.82. The van der Waals surface area contributed by atoms with Gasteiger partial charge in [0.1, 0.15) is 5.75 Å². The molecular formula is C9H9F3N2O6S. The van der Waals surface area contributed by atoms with Crippen molar-refractivity contribution in [1.29, 1.82) is 0 Å². The normalized spacial score (nSPS) is 13.5. The van der Waals surface area contributed by atoms with Crippen molar-refractivity contribution in [2.24, 2.45) is 0 Å². The van der Waals surface area contributed by atoms with Gasteiger partial charge in [0.05, 0.1) is 11.1 Å². The first-order valence-corrected chi connectivity index (χ1v) is 6.10. The van der Waals surface area contributed by atoms with Crippen LogP contribution >= 0.6 is 0 Å². The summed E-state index contributed by atoms with van der Waals surface area (Å²) >= 11 is 0. The lowest BCUT2D eigenvalue weighted by Gasteiger charge is -1.97. The van der Waals surface area contributed by atoms with E-state index in [1.165, 1.54) is 18.2 Å². The Kier molecular flexibility index (Phi) is 5.44. The Morgan fingerprint density at radius 1 is 1.10 bits per heavy atom. The number of phenolic OH excluding ortho intramolecular Hbond substituents is 1. The van der Waals surface area contributed by atoms with Crippen LogP contribution in [-0.2, 0) is 10.1 Å². The number of carbonyl (C=O) groups excluding carboxylic acids is 2. The lowest BCUT2D eigenvalue weighted by Crippen LogP contribution is -2.21. The van der Waals surface area contributed by atoms with Crippen LogP contribution in [-0.4, -0.2) is 35.4 Å². The molecule has 0 bridgehead atoms. The van der Waals surface area contributed by atoms with Gasteiger partial charge in [0.15, 0.2) is 0 Å². The lowest BCUT2D eigenvalue weighted by molar-refractivity contribution is -0.0510. The van der Waals surface area contributed by atoms with Crippen LogP contribution in [0, 0.1) is 0 Å². The van der Waals surface area contributed by atoms with Gasteiger partial charge in [-0.05, 0) is 12.1 Å². The molecule has 6 N–H and O–H groups in total. The number of carbonyl (C=O) groups is 2. The number of rotatable bonds is 0. The standard InChI is InChI=1S/C8H5NO3.CHF3O3S.H3N/c10-5-3-1-2-4-6(5)8(12)9-7(4)11;2-1(3,4)8(5,6)7;/h1-3,10H,(H,9,11,12);(H,5,6,7);1H3. The fraction of sp³-hybridized carbons (Fsp3) is 0.111. The predicted molar refractivity (Wildman–Crippen MR) is 62.5 cm³/mol. The van der Waals surface area contributed by atoms with Crippen LogP contribution in [0.2, 0.25) is 0 Å². The van der Waals surface area contributed by atoms with E-state index in [2.05, 4.69) is 5.32 Å². The Hall–Kier alpha value is -2.18. The number of aromatic hydroxyl groups is 1. The molecule has 2 amide bonds. The molecule has 0 atom stereocenters. The number of nitrogens with one attached hydrogen (secondary N) is 1. The van der Waals surface area contributed by atoms with Crippen LogP contribution in [0.5, 0.6) is 5.75 Å². The van der Waals surface area contributed by atoms with Crippen molar-refractivity contribution >= 4 is 21.9 Å². The highest BCUT2D eigenvalue weighted by Gasteiger charge is 2.44. The third-order valence-electron chi connectivity index (χ3n) is 2.03. The summed E-state index contributed by atoms with van der Waals surface area (Å²) in [6.45, 7) is 0. The Morgan fingerprint density at radius 3 is 1.95 bits per heavy atom. The molecule has 0 unspecified atom stereocenters. The summed E-state index contributed by atoms with van der Waals surface area (Å²) in [6.07, 6.45) is 0. The van der Waals surface area contributed by atoms with Crippen molar-refractivity contribution in [3.8, 4) is 5.75 Å². The zero-order chi connectivity index (χ0) is 15.7. The van der Waals surface area contributed by atoms with Crippen LogP contribution in [0.4, 0.5) is 13.2 Å². The molecule has 1 aliphatic rings. The monoisotopic (exact) mass is 330 g/mol. The minimum Gasteiger partial charge on any atom is -0.507 e. The molecular weight excluding hydrogens is 321 g/mol. The first kappa shape index (κ1) is 18.8. The molecule has 0 saturated carbocycles. The van der Waals surface area contributed by atoms with Gasteiger partial charge in [-0.1, -0.05) is 6.07 Å². The molecule has 0 fully saturated rings. The highest BCUT2D eigenvalue weighted by Crippen LogP contribution is 2.24. The number of hydrogen-bond donors (Lipinski definition) is 4. The van der Waals surface area contributed by atoms with E-state index >= 15 is 0 Å². The van der Waals surface area contributed by atoms with E-state index in [1.807, 2.05) is 0 Å². The third kappa shape index (κ3) is 4.14. The van der Waals surface area contributed by atoms with Gasteiger partial charge >= 0.3 is 15.6 Å². The predicted octanol–water partition coefficient (Wildman–Crippen LogP) is 0.832. The highest BCUT2D eigenvalue weighted by molar-refractivity contribution is 7.86. The molecule has 0 aromatic heterocycles. The highest BCUT2D eigenvalue weighted by atomic mass is 32.2. The van der Waals surface area contributed by atoms with Crippen LogP contribution < -0.4 is 11.5 Å². The summed E-state index contributed by atoms with van der Waals surface area (Å²) in [7, 11) is -5.84. The van der Waals surface area contributed by atoms with Crippen LogP contribution in [0.25, 0.3) is 0 Å². The molecule has 12 heteroatoms. The third-order valence-corrected chi connectivity index (χ3v) is 2.62. The molecule has 0 saturated heterocycles. The molecule has 0 spiro atoms. The lowest BCUT2D eigenvalue weighted by atomic mass is 10.1. The molecule has 1 aromatic rings. The van der Waals surface area contributed by atoms with Gasteiger partial charge in [-0.3, -0.25) is 19.5 Å². The maximum absolute atomic E-state index is 11.0. The zero-order valence-electron chi connectivity index (χ0n) is 10.0. The van der Waals surface area contributed by atoms with E-state index < -0.39 is 27.4 Å². The number of hydrogen-bond acceptors (Lipinski definition) is 6. The number of amides is 2. The van der Waals surface area contributed by atoms with Crippen molar-refractivity contribution in [3.63, 3.8) is 0 Å². The average Bonchev–Trinajstić information content (AvgIpc) is 2.54. The summed E-state index contributed by atoms with van der Waals surface area (Å²) in [5, 5.41) is 11.3. The second-order valence-electron chi connectivity index (χ2n) is 3.40. The first-order chi connectivity index (χ1) is 8.95. The van der Waals surface area contributed by atoms with Crippen molar-refractivity contribution in [2.75, 3.05) is 0 Å². The topological polar surface area (TPSA) is 156 Å². The zero-order valence-corrected chi connectivity index (χ0v) is 10.8. The van der Waals surface area contributed by atoms with Gasteiger partial charge in [-0.2, -0.15) is 21.6 Å². The number of fused-ring (bicyclic) bond motifs is 1. The quantitative estimate of drug-likeness (QED) is 0.312. The maximum atomic E-state index is 11.0. The van der Waals surface area contributed by atoms with Crippen molar-refractivity contribution < 1.29 is 40.8 Å². The van der Waals surface area contributed by atoms with Crippen molar-refractivity contribution in [2.45, 2.75) is 5.51 Å². The average molecular weight is 330 g/mol. The first-order valence-electron chi connectivity index (χ1n) is 4.66.